The largest absolute Gasteiger partial charge is 0.411 e. The zero-order chi connectivity index (χ0) is 11.7. The lowest BCUT2D eigenvalue weighted by Gasteiger charge is -2.11. The second-order valence-electron chi connectivity index (χ2n) is 4.02. The normalized spacial score (nSPS) is 20.0. The van der Waals surface area contributed by atoms with Gasteiger partial charge in [0.15, 0.2) is 0 Å². The number of nitrogens with one attached hydrogen (secondary N) is 1. The molecule has 3 nitrogen and oxygen atoms in total. The molecule has 3 heteroatoms. The molecule has 0 spiro atoms. The molecule has 0 saturated carbocycles. The van der Waals surface area contributed by atoms with Crippen LogP contribution >= 0.6 is 0 Å². The molecule has 0 aliphatic carbocycles. The molecule has 1 atom stereocenters. The van der Waals surface area contributed by atoms with Crippen molar-refractivity contribution in [3.05, 3.63) is 65.7 Å². The zero-order valence-electron chi connectivity index (χ0n) is 9.17. The molecule has 17 heavy (non-hydrogen) atoms. The smallest absolute Gasteiger partial charge is 0.116 e. The van der Waals surface area contributed by atoms with E-state index in [-0.39, 0.29) is 6.04 Å². The van der Waals surface area contributed by atoms with Crippen molar-refractivity contribution in [2.45, 2.75) is 6.04 Å². The van der Waals surface area contributed by atoms with Crippen molar-refractivity contribution in [3.8, 4) is 0 Å². The van der Waals surface area contributed by atoms with Crippen LogP contribution in [-0.4, -0.2) is 10.9 Å². The topological polar surface area (TPSA) is 44.6 Å². The first kappa shape index (κ1) is 9.90. The lowest BCUT2D eigenvalue weighted by atomic mass is 10.0. The van der Waals surface area contributed by atoms with Crippen molar-refractivity contribution < 1.29 is 5.21 Å². The Morgan fingerprint density at radius 3 is 2.41 bits per heavy atom. The first-order valence-corrected chi connectivity index (χ1v) is 5.53. The Kier molecular flexibility index (Phi) is 2.29. The molecule has 0 bridgehead atoms. The van der Waals surface area contributed by atoms with Crippen molar-refractivity contribution in [1.82, 2.24) is 0 Å². The molecule has 1 unspecified atom stereocenters. The number of fused-ring (bicyclic) bond motifs is 1. The molecule has 0 aromatic heterocycles. The predicted molar refractivity (Wildman–Crippen MR) is 67.6 cm³/mol. The van der Waals surface area contributed by atoms with E-state index in [1.54, 1.807) is 0 Å². The minimum Gasteiger partial charge on any atom is -0.411 e. The predicted octanol–water partition coefficient (Wildman–Crippen LogP) is 3.03. The average Bonchev–Trinajstić information content (AvgIpc) is 2.78. The van der Waals surface area contributed by atoms with Crippen molar-refractivity contribution in [2.75, 3.05) is 5.32 Å². The maximum Gasteiger partial charge on any atom is 0.116 e. The van der Waals surface area contributed by atoms with E-state index < -0.39 is 0 Å². The van der Waals surface area contributed by atoms with Gasteiger partial charge in [-0.2, -0.15) is 0 Å². The second-order valence-corrected chi connectivity index (χ2v) is 4.02. The highest BCUT2D eigenvalue weighted by Crippen LogP contribution is 2.34. The molecule has 0 radical (unpaired) electrons. The number of hydrogen-bond donors (Lipinski definition) is 2. The summed E-state index contributed by atoms with van der Waals surface area (Å²) in [5.41, 5.74) is 3.74. The van der Waals surface area contributed by atoms with Crippen molar-refractivity contribution in [3.63, 3.8) is 0 Å². The minimum atomic E-state index is -0.0707. The van der Waals surface area contributed by atoms with E-state index >= 15 is 0 Å². The van der Waals surface area contributed by atoms with Gasteiger partial charge in [-0.05, 0) is 11.6 Å². The number of hydrogen-bond acceptors (Lipinski definition) is 3. The van der Waals surface area contributed by atoms with Crippen LogP contribution in [0.5, 0.6) is 0 Å². The molecular formula is C14H12N2O. The van der Waals surface area contributed by atoms with Crippen LogP contribution in [0.25, 0.3) is 0 Å². The maximum atomic E-state index is 9.19. The summed E-state index contributed by atoms with van der Waals surface area (Å²) < 4.78 is 0. The van der Waals surface area contributed by atoms with E-state index in [0.717, 1.165) is 16.8 Å². The van der Waals surface area contributed by atoms with Crippen molar-refractivity contribution in [1.29, 1.82) is 0 Å². The molecule has 1 aliphatic rings. The Bertz CT molecular complexity index is 563. The van der Waals surface area contributed by atoms with E-state index in [2.05, 4.69) is 10.5 Å². The van der Waals surface area contributed by atoms with Gasteiger partial charge in [0, 0.05) is 11.3 Å². The Labute approximate surface area is 99.4 Å². The van der Waals surface area contributed by atoms with Gasteiger partial charge in [0.05, 0.1) is 6.04 Å². The van der Waals surface area contributed by atoms with Gasteiger partial charge in [-0.1, -0.05) is 53.7 Å². The van der Waals surface area contributed by atoms with Gasteiger partial charge in [0.2, 0.25) is 0 Å². The lowest BCUT2D eigenvalue weighted by Crippen LogP contribution is -2.13. The third-order valence-electron chi connectivity index (χ3n) is 3.02. The van der Waals surface area contributed by atoms with Gasteiger partial charge >= 0.3 is 0 Å². The molecule has 1 aliphatic heterocycles. The second kappa shape index (κ2) is 3.94. The van der Waals surface area contributed by atoms with Gasteiger partial charge in [-0.25, -0.2) is 0 Å². The summed E-state index contributed by atoms with van der Waals surface area (Å²) in [6, 6.07) is 17.8. The van der Waals surface area contributed by atoms with Gasteiger partial charge in [-0.3, -0.25) is 0 Å². The summed E-state index contributed by atoms with van der Waals surface area (Å²) in [5, 5.41) is 16.0. The number of anilines is 1. The molecular weight excluding hydrogens is 212 g/mol. The Morgan fingerprint density at radius 2 is 1.65 bits per heavy atom. The van der Waals surface area contributed by atoms with E-state index in [1.165, 1.54) is 0 Å². The van der Waals surface area contributed by atoms with Gasteiger partial charge in [0.25, 0.3) is 0 Å². The SMILES string of the molecule is O/N=C1\c2ccccc2NC1c1ccccc1. The van der Waals surface area contributed by atoms with Crippen LogP contribution in [0, 0.1) is 0 Å². The molecule has 1 heterocycles. The summed E-state index contributed by atoms with van der Waals surface area (Å²) in [6.45, 7) is 0. The Morgan fingerprint density at radius 1 is 0.941 bits per heavy atom. The summed E-state index contributed by atoms with van der Waals surface area (Å²) >= 11 is 0. The van der Waals surface area contributed by atoms with Crippen molar-refractivity contribution in [2.24, 2.45) is 5.16 Å². The van der Waals surface area contributed by atoms with Crippen LogP contribution in [0.2, 0.25) is 0 Å². The number of benzene rings is 2. The van der Waals surface area contributed by atoms with Crippen LogP contribution in [0.15, 0.2) is 59.8 Å². The monoisotopic (exact) mass is 224 g/mol. The fourth-order valence-corrected chi connectivity index (χ4v) is 2.21. The highest BCUT2D eigenvalue weighted by atomic mass is 16.4. The number of para-hydroxylation sites is 1. The first-order valence-electron chi connectivity index (χ1n) is 5.53. The number of rotatable bonds is 1. The highest BCUT2D eigenvalue weighted by molar-refractivity contribution is 6.13. The van der Waals surface area contributed by atoms with Crippen LogP contribution in [0.3, 0.4) is 0 Å². The minimum absolute atomic E-state index is 0.0707. The molecule has 2 N–H and O–H groups in total. The summed E-state index contributed by atoms with van der Waals surface area (Å²) in [5.74, 6) is 0. The van der Waals surface area contributed by atoms with E-state index in [4.69, 9.17) is 0 Å². The first-order chi connectivity index (χ1) is 8.40. The van der Waals surface area contributed by atoms with Crippen molar-refractivity contribution >= 4 is 11.4 Å². The molecule has 2 aromatic carbocycles. The van der Waals surface area contributed by atoms with Crippen LogP contribution in [0.1, 0.15) is 17.2 Å². The van der Waals surface area contributed by atoms with Crippen LogP contribution < -0.4 is 5.32 Å². The average molecular weight is 224 g/mol. The Hall–Kier alpha value is -2.29. The lowest BCUT2D eigenvalue weighted by molar-refractivity contribution is 0.318. The van der Waals surface area contributed by atoms with Gasteiger partial charge < -0.3 is 10.5 Å². The zero-order valence-corrected chi connectivity index (χ0v) is 9.17. The van der Waals surface area contributed by atoms with E-state index in [0.29, 0.717) is 5.71 Å². The summed E-state index contributed by atoms with van der Waals surface area (Å²) in [4.78, 5) is 0. The number of oxime groups is 1. The van der Waals surface area contributed by atoms with Crippen LogP contribution in [-0.2, 0) is 0 Å². The molecule has 0 amide bonds. The quantitative estimate of drug-likeness (QED) is 0.577. The fourth-order valence-electron chi connectivity index (χ4n) is 2.21. The fraction of sp³-hybridized carbons (Fsp3) is 0.0714. The molecule has 0 fully saturated rings. The molecule has 84 valence electrons. The van der Waals surface area contributed by atoms with E-state index in [1.807, 2.05) is 54.6 Å². The third kappa shape index (κ3) is 1.56. The van der Waals surface area contributed by atoms with Crippen LogP contribution in [0.4, 0.5) is 5.69 Å². The number of nitrogens with zero attached hydrogens (tertiary/aromatic N) is 1. The van der Waals surface area contributed by atoms with E-state index in [9.17, 15) is 5.21 Å². The molecule has 2 aromatic rings. The molecule has 0 saturated heterocycles. The van der Waals surface area contributed by atoms with Gasteiger partial charge in [0.1, 0.15) is 5.71 Å². The summed E-state index contributed by atoms with van der Waals surface area (Å²) in [6.07, 6.45) is 0. The highest BCUT2D eigenvalue weighted by Gasteiger charge is 2.29. The molecule has 3 rings (SSSR count). The Balaban J connectivity index is 2.07. The summed E-state index contributed by atoms with van der Waals surface area (Å²) in [7, 11) is 0. The third-order valence-corrected chi connectivity index (χ3v) is 3.02. The van der Waals surface area contributed by atoms with Gasteiger partial charge in [-0.15, -0.1) is 0 Å². The maximum absolute atomic E-state index is 9.19. The standard InChI is InChI=1S/C14H12N2O/c17-16-14-11-8-4-5-9-12(11)15-13(14)10-6-2-1-3-7-10/h1-9,13,15,17H/b16-14+.